The van der Waals surface area contributed by atoms with E-state index < -0.39 is 0 Å². The lowest BCUT2D eigenvalue weighted by molar-refractivity contribution is -0.127. The first-order chi connectivity index (χ1) is 11.2. The van der Waals surface area contributed by atoms with E-state index in [1.165, 1.54) is 5.56 Å². The van der Waals surface area contributed by atoms with Crippen LogP contribution in [0.5, 0.6) is 0 Å². The number of aliphatic hydroxyl groups excluding tert-OH is 1. The molecule has 0 fully saturated rings. The monoisotopic (exact) mass is 308 g/mol. The molecule has 2 aromatic rings. The number of benzene rings is 2. The highest BCUT2D eigenvalue weighted by Gasteiger charge is 2.32. The van der Waals surface area contributed by atoms with Gasteiger partial charge >= 0.3 is 0 Å². The van der Waals surface area contributed by atoms with Crippen molar-refractivity contribution in [3.8, 4) is 0 Å². The minimum absolute atomic E-state index is 0.0548. The van der Waals surface area contributed by atoms with Crippen LogP contribution in [-0.2, 0) is 4.79 Å². The van der Waals surface area contributed by atoms with Crippen molar-refractivity contribution in [2.45, 2.75) is 13.0 Å². The van der Waals surface area contributed by atoms with Gasteiger partial charge in [0.2, 0.25) is 0 Å². The lowest BCUT2D eigenvalue weighted by Crippen LogP contribution is -2.33. The van der Waals surface area contributed by atoms with Crippen molar-refractivity contribution in [3.63, 3.8) is 0 Å². The van der Waals surface area contributed by atoms with E-state index in [1.54, 1.807) is 4.90 Å². The number of amides is 1. The van der Waals surface area contributed by atoms with Crippen molar-refractivity contribution in [3.05, 3.63) is 77.5 Å². The molecule has 0 aromatic heterocycles. The van der Waals surface area contributed by atoms with E-state index in [0.717, 1.165) is 11.3 Å². The van der Waals surface area contributed by atoms with Crippen LogP contribution in [0, 0.1) is 6.92 Å². The molecule has 4 nitrogen and oxygen atoms in total. The Hall–Kier alpha value is -2.59. The van der Waals surface area contributed by atoms with Gasteiger partial charge < -0.3 is 15.3 Å². The third kappa shape index (κ3) is 3.27. The number of rotatable bonds is 5. The predicted octanol–water partition coefficient (Wildman–Crippen LogP) is 2.87. The van der Waals surface area contributed by atoms with Gasteiger partial charge in [0, 0.05) is 12.2 Å². The molecule has 1 aliphatic rings. The Morgan fingerprint density at radius 3 is 2.43 bits per heavy atom. The first-order valence-corrected chi connectivity index (χ1v) is 7.71. The summed E-state index contributed by atoms with van der Waals surface area (Å²) in [6.45, 7) is 2.28. The Labute approximate surface area is 136 Å². The molecule has 3 rings (SSSR count). The first kappa shape index (κ1) is 15.3. The number of carbonyl (C=O) groups is 1. The lowest BCUT2D eigenvalue weighted by atomic mass is 10.1. The van der Waals surface area contributed by atoms with Gasteiger partial charge in [-0.1, -0.05) is 48.0 Å². The summed E-state index contributed by atoms with van der Waals surface area (Å²) in [5.74, 6) is -0.0894. The maximum absolute atomic E-state index is 12.6. The summed E-state index contributed by atoms with van der Waals surface area (Å²) in [4.78, 5) is 14.3. The fraction of sp³-hybridized carbons (Fsp3) is 0.211. The molecule has 1 unspecified atom stereocenters. The average molecular weight is 308 g/mol. The molecule has 4 heteroatoms. The number of β-amino-alcohol motifs (C(OH)–C–C–N with tert-alkyl or cyclic N) is 1. The van der Waals surface area contributed by atoms with Crippen LogP contribution in [0.4, 0.5) is 5.69 Å². The molecular formula is C19H20N2O2. The first-order valence-electron chi connectivity index (χ1n) is 7.71. The molecule has 0 radical (unpaired) electrons. The molecule has 1 heterocycles. The number of aliphatic hydroxyl groups is 1. The van der Waals surface area contributed by atoms with Crippen molar-refractivity contribution in [1.82, 2.24) is 4.90 Å². The van der Waals surface area contributed by atoms with E-state index in [0.29, 0.717) is 12.2 Å². The van der Waals surface area contributed by atoms with E-state index in [4.69, 9.17) is 0 Å². The van der Waals surface area contributed by atoms with Gasteiger partial charge in [-0.2, -0.15) is 0 Å². The minimum atomic E-state index is -0.149. The molecular weight excluding hydrogens is 288 g/mol. The number of anilines is 1. The Kier molecular flexibility index (Phi) is 4.44. The number of nitrogens with zero attached hydrogens (tertiary/aromatic N) is 1. The lowest BCUT2D eigenvalue weighted by Gasteiger charge is -2.24. The van der Waals surface area contributed by atoms with E-state index in [-0.39, 0.29) is 18.6 Å². The zero-order valence-electron chi connectivity index (χ0n) is 13.1. The van der Waals surface area contributed by atoms with Crippen LogP contribution in [0.25, 0.3) is 0 Å². The SMILES string of the molecule is Cc1ccc(NC2=CC(c3ccccc3)N(CCO)C2=O)cc1. The molecule has 0 bridgehead atoms. The summed E-state index contributed by atoms with van der Waals surface area (Å²) < 4.78 is 0. The van der Waals surface area contributed by atoms with E-state index in [2.05, 4.69) is 5.32 Å². The summed E-state index contributed by atoms with van der Waals surface area (Å²) in [5, 5.41) is 12.5. The van der Waals surface area contributed by atoms with Gasteiger partial charge in [0.25, 0.3) is 5.91 Å². The molecule has 118 valence electrons. The van der Waals surface area contributed by atoms with Crippen LogP contribution >= 0.6 is 0 Å². The van der Waals surface area contributed by atoms with Gasteiger partial charge in [0.15, 0.2) is 0 Å². The summed E-state index contributed by atoms with van der Waals surface area (Å²) in [6.07, 6.45) is 1.92. The number of hydrogen-bond acceptors (Lipinski definition) is 3. The van der Waals surface area contributed by atoms with Crippen molar-refractivity contribution in [2.75, 3.05) is 18.5 Å². The average Bonchev–Trinajstić information content (AvgIpc) is 2.88. The second-order valence-electron chi connectivity index (χ2n) is 5.65. The molecule has 1 atom stereocenters. The predicted molar refractivity (Wildman–Crippen MR) is 90.9 cm³/mol. The van der Waals surface area contributed by atoms with E-state index >= 15 is 0 Å². The summed E-state index contributed by atoms with van der Waals surface area (Å²) in [7, 11) is 0. The van der Waals surface area contributed by atoms with Crippen LogP contribution in [0.1, 0.15) is 17.2 Å². The van der Waals surface area contributed by atoms with Crippen LogP contribution in [0.15, 0.2) is 66.4 Å². The molecule has 1 amide bonds. The molecule has 2 aromatic carbocycles. The quantitative estimate of drug-likeness (QED) is 0.893. The largest absolute Gasteiger partial charge is 0.395 e. The fourth-order valence-corrected chi connectivity index (χ4v) is 2.76. The highest BCUT2D eigenvalue weighted by molar-refractivity contribution is 5.99. The molecule has 23 heavy (non-hydrogen) atoms. The van der Waals surface area contributed by atoms with Crippen LogP contribution in [-0.4, -0.2) is 29.1 Å². The minimum Gasteiger partial charge on any atom is -0.395 e. The van der Waals surface area contributed by atoms with Crippen molar-refractivity contribution < 1.29 is 9.90 Å². The van der Waals surface area contributed by atoms with Gasteiger partial charge in [0.1, 0.15) is 5.70 Å². The summed E-state index contributed by atoms with van der Waals surface area (Å²) in [6, 6.07) is 17.6. The maximum Gasteiger partial charge on any atom is 0.270 e. The van der Waals surface area contributed by atoms with Gasteiger partial charge in [-0.15, -0.1) is 0 Å². The normalized spacial score (nSPS) is 17.3. The van der Waals surface area contributed by atoms with Crippen LogP contribution < -0.4 is 5.32 Å². The fourth-order valence-electron chi connectivity index (χ4n) is 2.76. The zero-order chi connectivity index (χ0) is 16.2. The van der Waals surface area contributed by atoms with Crippen LogP contribution in [0.2, 0.25) is 0 Å². The van der Waals surface area contributed by atoms with E-state index in [1.807, 2.05) is 67.6 Å². The molecule has 0 saturated carbocycles. The van der Waals surface area contributed by atoms with E-state index in [9.17, 15) is 9.90 Å². The topological polar surface area (TPSA) is 52.6 Å². The van der Waals surface area contributed by atoms with Crippen molar-refractivity contribution >= 4 is 11.6 Å². The summed E-state index contributed by atoms with van der Waals surface area (Å²) >= 11 is 0. The number of nitrogens with one attached hydrogen (secondary N) is 1. The Morgan fingerprint density at radius 2 is 1.78 bits per heavy atom. The number of carbonyl (C=O) groups excluding carboxylic acids is 1. The van der Waals surface area contributed by atoms with Crippen molar-refractivity contribution in [2.24, 2.45) is 0 Å². The number of aryl methyl sites for hydroxylation is 1. The van der Waals surface area contributed by atoms with Crippen molar-refractivity contribution in [1.29, 1.82) is 0 Å². The zero-order valence-corrected chi connectivity index (χ0v) is 13.1. The third-order valence-electron chi connectivity index (χ3n) is 3.96. The molecule has 0 spiro atoms. The molecule has 1 aliphatic heterocycles. The smallest absolute Gasteiger partial charge is 0.270 e. The van der Waals surface area contributed by atoms with Gasteiger partial charge in [-0.05, 0) is 30.7 Å². The second-order valence-corrected chi connectivity index (χ2v) is 5.65. The molecule has 0 saturated heterocycles. The molecule has 2 N–H and O–H groups in total. The maximum atomic E-state index is 12.6. The summed E-state index contributed by atoms with van der Waals surface area (Å²) in [5.41, 5.74) is 3.64. The Bertz CT molecular complexity index is 708. The third-order valence-corrected chi connectivity index (χ3v) is 3.96. The highest BCUT2D eigenvalue weighted by atomic mass is 16.3. The second kappa shape index (κ2) is 6.67. The van der Waals surface area contributed by atoms with Gasteiger partial charge in [0.05, 0.1) is 12.6 Å². The van der Waals surface area contributed by atoms with Gasteiger partial charge in [-0.3, -0.25) is 4.79 Å². The Morgan fingerprint density at radius 1 is 1.09 bits per heavy atom. The highest BCUT2D eigenvalue weighted by Crippen LogP contribution is 2.31. The standard InChI is InChI=1S/C19H20N2O2/c1-14-7-9-16(10-8-14)20-17-13-18(15-5-3-2-4-6-15)21(11-12-22)19(17)23/h2-10,13,18,20,22H,11-12H2,1H3. The number of hydrogen-bond donors (Lipinski definition) is 2. The Balaban J connectivity index is 1.87. The van der Waals surface area contributed by atoms with Crippen LogP contribution in [0.3, 0.4) is 0 Å². The molecule has 0 aliphatic carbocycles. The van der Waals surface area contributed by atoms with Gasteiger partial charge in [-0.25, -0.2) is 0 Å².